The average molecular weight is 297 g/mol. The van der Waals surface area contributed by atoms with Gasteiger partial charge in [-0.15, -0.1) is 0 Å². The Morgan fingerprint density at radius 1 is 1.29 bits per heavy atom. The molecule has 1 aromatic carbocycles. The minimum Gasteiger partial charge on any atom is -0.382 e. The predicted molar refractivity (Wildman–Crippen MR) is 67.9 cm³/mol. The first kappa shape index (κ1) is 11.8. The van der Waals surface area contributed by atoms with Crippen LogP contribution in [0.1, 0.15) is 5.56 Å². The number of hydrogen-bond donors (Lipinski definition) is 2. The van der Waals surface area contributed by atoms with Gasteiger partial charge in [0.2, 0.25) is 0 Å². The summed E-state index contributed by atoms with van der Waals surface area (Å²) in [5.41, 5.74) is 6.23. The van der Waals surface area contributed by atoms with E-state index in [-0.39, 0.29) is 5.82 Å². The van der Waals surface area contributed by atoms with E-state index >= 15 is 0 Å². The highest BCUT2D eigenvalue weighted by Crippen LogP contribution is 2.18. The van der Waals surface area contributed by atoms with Crippen LogP contribution in [0.2, 0.25) is 0 Å². The van der Waals surface area contributed by atoms with Gasteiger partial charge in [-0.2, -0.15) is 0 Å². The van der Waals surface area contributed by atoms with Crippen LogP contribution >= 0.6 is 15.9 Å². The molecule has 0 aliphatic carbocycles. The van der Waals surface area contributed by atoms with Gasteiger partial charge in [0.1, 0.15) is 17.5 Å². The molecular weight excluding hydrogens is 287 g/mol. The molecule has 0 saturated carbocycles. The van der Waals surface area contributed by atoms with Gasteiger partial charge in [0, 0.05) is 11.0 Å². The molecule has 0 aliphatic rings. The van der Waals surface area contributed by atoms with E-state index in [4.69, 9.17) is 5.73 Å². The van der Waals surface area contributed by atoms with E-state index in [9.17, 15) is 4.39 Å². The standard InChI is InChI=1S/C11H10BrFN4/c12-9-2-1-8(13)3-7(9)4-16-11-6-15-10(14)5-17-11/h1-3,5-6H,4H2,(H2,14,15)(H,16,17). The van der Waals surface area contributed by atoms with Crippen molar-refractivity contribution in [3.05, 3.63) is 46.4 Å². The third-order valence-corrected chi connectivity index (χ3v) is 2.91. The van der Waals surface area contributed by atoms with Gasteiger partial charge in [0.15, 0.2) is 0 Å². The van der Waals surface area contributed by atoms with Crippen LogP contribution in [0.25, 0.3) is 0 Å². The van der Waals surface area contributed by atoms with E-state index in [1.165, 1.54) is 24.5 Å². The van der Waals surface area contributed by atoms with Crippen LogP contribution in [0, 0.1) is 5.82 Å². The van der Waals surface area contributed by atoms with Crippen molar-refractivity contribution in [2.75, 3.05) is 11.1 Å². The summed E-state index contributed by atoms with van der Waals surface area (Å²) in [5.74, 6) is 0.686. The van der Waals surface area contributed by atoms with Crippen LogP contribution in [0.15, 0.2) is 35.1 Å². The predicted octanol–water partition coefficient (Wildman–Crippen LogP) is 2.57. The minimum atomic E-state index is -0.270. The second-order valence-electron chi connectivity index (χ2n) is 3.42. The van der Waals surface area contributed by atoms with Gasteiger partial charge in [0.05, 0.1) is 12.4 Å². The molecule has 2 aromatic rings. The number of aromatic nitrogens is 2. The van der Waals surface area contributed by atoms with E-state index in [1.54, 1.807) is 6.07 Å². The minimum absolute atomic E-state index is 0.270. The van der Waals surface area contributed by atoms with Gasteiger partial charge in [0.25, 0.3) is 0 Å². The molecule has 4 nitrogen and oxygen atoms in total. The van der Waals surface area contributed by atoms with Gasteiger partial charge < -0.3 is 11.1 Å². The number of benzene rings is 1. The van der Waals surface area contributed by atoms with Crippen molar-refractivity contribution in [1.29, 1.82) is 0 Å². The number of nitrogen functional groups attached to an aromatic ring is 1. The summed E-state index contributed by atoms with van der Waals surface area (Å²) in [4.78, 5) is 7.94. The maximum atomic E-state index is 13.0. The molecule has 0 fully saturated rings. The molecule has 0 amide bonds. The molecule has 88 valence electrons. The molecule has 1 aromatic heterocycles. The Kier molecular flexibility index (Phi) is 3.53. The topological polar surface area (TPSA) is 63.8 Å². The largest absolute Gasteiger partial charge is 0.382 e. The number of halogens is 2. The summed E-state index contributed by atoms with van der Waals surface area (Å²) >= 11 is 3.35. The molecule has 17 heavy (non-hydrogen) atoms. The van der Waals surface area contributed by atoms with Crippen molar-refractivity contribution < 1.29 is 4.39 Å². The number of nitrogens with zero attached hydrogens (tertiary/aromatic N) is 2. The van der Waals surface area contributed by atoms with Crippen LogP contribution in [0.3, 0.4) is 0 Å². The first-order chi connectivity index (χ1) is 8.15. The van der Waals surface area contributed by atoms with Gasteiger partial charge >= 0.3 is 0 Å². The fourth-order valence-corrected chi connectivity index (χ4v) is 1.68. The van der Waals surface area contributed by atoms with Gasteiger partial charge in [-0.05, 0) is 23.8 Å². The molecular formula is C11H10BrFN4. The molecule has 2 rings (SSSR count). The summed E-state index contributed by atoms with van der Waals surface area (Å²) in [7, 11) is 0. The van der Waals surface area contributed by atoms with Crippen molar-refractivity contribution in [3.8, 4) is 0 Å². The molecule has 0 atom stereocenters. The maximum Gasteiger partial charge on any atom is 0.144 e. The normalized spacial score (nSPS) is 10.2. The van der Waals surface area contributed by atoms with Gasteiger partial charge in [-0.25, -0.2) is 14.4 Å². The lowest BCUT2D eigenvalue weighted by atomic mass is 10.2. The van der Waals surface area contributed by atoms with Crippen molar-refractivity contribution in [2.45, 2.75) is 6.54 Å². The van der Waals surface area contributed by atoms with Crippen LogP contribution in [0.4, 0.5) is 16.0 Å². The summed E-state index contributed by atoms with van der Waals surface area (Å²) < 4.78 is 13.9. The quantitative estimate of drug-likeness (QED) is 0.914. The first-order valence-corrected chi connectivity index (χ1v) is 5.70. The van der Waals surface area contributed by atoms with E-state index in [1.807, 2.05) is 0 Å². The SMILES string of the molecule is Nc1cnc(NCc2cc(F)ccc2Br)cn1. The maximum absolute atomic E-state index is 13.0. The Labute approximate surface area is 106 Å². The van der Waals surface area contributed by atoms with Crippen molar-refractivity contribution in [2.24, 2.45) is 0 Å². The Bertz CT molecular complexity index is 515. The van der Waals surface area contributed by atoms with Crippen LogP contribution < -0.4 is 11.1 Å². The summed E-state index contributed by atoms with van der Waals surface area (Å²) in [6.45, 7) is 0.455. The third-order valence-electron chi connectivity index (χ3n) is 2.14. The fraction of sp³-hybridized carbons (Fsp3) is 0.0909. The zero-order valence-corrected chi connectivity index (χ0v) is 10.4. The van der Waals surface area contributed by atoms with E-state index in [0.29, 0.717) is 18.2 Å². The molecule has 0 bridgehead atoms. The number of nitrogens with two attached hydrogens (primary N) is 1. The summed E-state index contributed by atoms with van der Waals surface area (Å²) in [6, 6.07) is 4.53. The van der Waals surface area contributed by atoms with Crippen LogP contribution in [-0.2, 0) is 6.54 Å². The highest BCUT2D eigenvalue weighted by atomic mass is 79.9. The lowest BCUT2D eigenvalue weighted by molar-refractivity contribution is 0.625. The number of rotatable bonds is 3. The van der Waals surface area contributed by atoms with E-state index < -0.39 is 0 Å². The Morgan fingerprint density at radius 2 is 2.12 bits per heavy atom. The zero-order valence-electron chi connectivity index (χ0n) is 8.82. The Morgan fingerprint density at radius 3 is 2.82 bits per heavy atom. The number of anilines is 2. The fourth-order valence-electron chi connectivity index (χ4n) is 1.29. The highest BCUT2D eigenvalue weighted by molar-refractivity contribution is 9.10. The molecule has 0 radical (unpaired) electrons. The monoisotopic (exact) mass is 296 g/mol. The second kappa shape index (κ2) is 5.09. The van der Waals surface area contributed by atoms with E-state index in [0.717, 1.165) is 10.0 Å². The first-order valence-electron chi connectivity index (χ1n) is 4.90. The molecule has 0 unspecified atom stereocenters. The number of nitrogens with one attached hydrogen (secondary N) is 1. The zero-order chi connectivity index (χ0) is 12.3. The van der Waals surface area contributed by atoms with Crippen molar-refractivity contribution in [3.63, 3.8) is 0 Å². The van der Waals surface area contributed by atoms with Gasteiger partial charge in [-0.3, -0.25) is 0 Å². The van der Waals surface area contributed by atoms with Crippen LogP contribution in [0.5, 0.6) is 0 Å². The summed E-state index contributed by atoms with van der Waals surface area (Å²) in [5, 5.41) is 3.03. The molecule has 6 heteroatoms. The Balaban J connectivity index is 2.07. The molecule has 1 heterocycles. The Hall–Kier alpha value is -1.69. The van der Waals surface area contributed by atoms with Gasteiger partial charge in [-0.1, -0.05) is 15.9 Å². The summed E-state index contributed by atoms with van der Waals surface area (Å²) in [6.07, 6.45) is 2.99. The second-order valence-corrected chi connectivity index (χ2v) is 4.27. The van der Waals surface area contributed by atoms with Crippen molar-refractivity contribution >= 4 is 27.6 Å². The lowest BCUT2D eigenvalue weighted by Gasteiger charge is -2.07. The van der Waals surface area contributed by atoms with E-state index in [2.05, 4.69) is 31.2 Å². The van der Waals surface area contributed by atoms with Crippen molar-refractivity contribution in [1.82, 2.24) is 9.97 Å². The smallest absolute Gasteiger partial charge is 0.144 e. The lowest BCUT2D eigenvalue weighted by Crippen LogP contribution is -2.03. The molecule has 0 saturated heterocycles. The molecule has 3 N–H and O–H groups in total. The molecule has 0 spiro atoms. The average Bonchev–Trinajstić information content (AvgIpc) is 2.32. The molecule has 0 aliphatic heterocycles. The third kappa shape index (κ3) is 3.13. The number of hydrogen-bond acceptors (Lipinski definition) is 4. The highest BCUT2D eigenvalue weighted by Gasteiger charge is 2.02. The van der Waals surface area contributed by atoms with Crippen LogP contribution in [-0.4, -0.2) is 9.97 Å².